The Morgan fingerprint density at radius 3 is 2.45 bits per heavy atom. The molecule has 0 unspecified atom stereocenters. The minimum absolute atomic E-state index is 0.0254. The highest BCUT2D eigenvalue weighted by Crippen LogP contribution is 2.23. The average Bonchev–Trinajstić information content (AvgIpc) is 3.03. The molecule has 0 saturated carbocycles. The first-order chi connectivity index (χ1) is 10.3. The maximum absolute atomic E-state index is 12.8. The number of aromatic nitrogens is 2. The number of hydrazine groups is 1. The summed E-state index contributed by atoms with van der Waals surface area (Å²) in [6.45, 7) is 7.19. The SMILES string of the molecule is COCC(=O)N1CCCN1C(=O)c1cc(C(C)(C)C)nn1C. The summed E-state index contributed by atoms with van der Waals surface area (Å²) in [5.74, 6) is -0.404. The number of aryl methyl sites for hydroxylation is 1. The predicted molar refractivity (Wildman–Crippen MR) is 81.2 cm³/mol. The Bertz CT molecular complexity index is 574. The number of carbonyl (C=O) groups is 2. The third kappa shape index (κ3) is 3.14. The predicted octanol–water partition coefficient (Wildman–Crippen LogP) is 0.953. The summed E-state index contributed by atoms with van der Waals surface area (Å²) in [5, 5.41) is 7.38. The van der Waals surface area contributed by atoms with Crippen molar-refractivity contribution in [3.8, 4) is 0 Å². The molecule has 1 fully saturated rings. The first-order valence-corrected chi connectivity index (χ1v) is 7.41. The highest BCUT2D eigenvalue weighted by Gasteiger charge is 2.33. The second kappa shape index (κ2) is 6.08. The Balaban J connectivity index is 2.24. The Kier molecular flexibility index (Phi) is 4.55. The van der Waals surface area contributed by atoms with Gasteiger partial charge in [0.1, 0.15) is 12.3 Å². The van der Waals surface area contributed by atoms with Gasteiger partial charge in [0, 0.05) is 32.7 Å². The molecule has 1 saturated heterocycles. The number of ether oxygens (including phenoxy) is 1. The molecule has 1 aromatic heterocycles. The number of hydrogen-bond donors (Lipinski definition) is 0. The molecule has 22 heavy (non-hydrogen) atoms. The Morgan fingerprint density at radius 2 is 1.91 bits per heavy atom. The molecule has 1 aliphatic heterocycles. The van der Waals surface area contributed by atoms with Gasteiger partial charge >= 0.3 is 0 Å². The first kappa shape index (κ1) is 16.5. The maximum atomic E-state index is 12.8. The van der Waals surface area contributed by atoms with Crippen LogP contribution in [-0.4, -0.2) is 58.4 Å². The van der Waals surface area contributed by atoms with Crippen molar-refractivity contribution in [2.24, 2.45) is 7.05 Å². The van der Waals surface area contributed by atoms with Gasteiger partial charge in [0.25, 0.3) is 11.8 Å². The summed E-state index contributed by atoms with van der Waals surface area (Å²) in [4.78, 5) is 24.8. The molecule has 2 rings (SSSR count). The maximum Gasteiger partial charge on any atom is 0.290 e. The van der Waals surface area contributed by atoms with E-state index in [0.29, 0.717) is 18.8 Å². The van der Waals surface area contributed by atoms with Gasteiger partial charge in [-0.05, 0) is 12.5 Å². The fourth-order valence-corrected chi connectivity index (χ4v) is 2.45. The van der Waals surface area contributed by atoms with E-state index in [4.69, 9.17) is 4.74 Å². The van der Waals surface area contributed by atoms with Gasteiger partial charge in [0.15, 0.2) is 0 Å². The first-order valence-electron chi connectivity index (χ1n) is 7.41. The van der Waals surface area contributed by atoms with Gasteiger partial charge in [-0.2, -0.15) is 5.10 Å². The lowest BCUT2D eigenvalue weighted by Gasteiger charge is -2.27. The van der Waals surface area contributed by atoms with E-state index in [1.807, 2.05) is 20.8 Å². The van der Waals surface area contributed by atoms with Gasteiger partial charge in [0.05, 0.1) is 5.69 Å². The van der Waals surface area contributed by atoms with Gasteiger partial charge in [-0.15, -0.1) is 0 Å². The topological polar surface area (TPSA) is 67.7 Å². The Hall–Kier alpha value is -1.89. The molecule has 0 N–H and O–H groups in total. The molecule has 0 atom stereocenters. The van der Waals surface area contributed by atoms with Crippen molar-refractivity contribution in [3.05, 3.63) is 17.5 Å². The van der Waals surface area contributed by atoms with E-state index < -0.39 is 0 Å². The zero-order chi connectivity index (χ0) is 16.5. The fraction of sp³-hybridized carbons (Fsp3) is 0.667. The van der Waals surface area contributed by atoms with Crippen molar-refractivity contribution in [1.29, 1.82) is 0 Å². The number of methoxy groups -OCH3 is 1. The van der Waals surface area contributed by atoms with Crippen LogP contribution < -0.4 is 0 Å². The second-order valence-corrected chi connectivity index (χ2v) is 6.52. The largest absolute Gasteiger partial charge is 0.375 e. The molecule has 0 aliphatic carbocycles. The van der Waals surface area contributed by atoms with Crippen molar-refractivity contribution in [2.75, 3.05) is 26.8 Å². The third-order valence-electron chi connectivity index (χ3n) is 3.69. The molecule has 0 aromatic carbocycles. The summed E-state index contributed by atoms with van der Waals surface area (Å²) in [7, 11) is 3.22. The van der Waals surface area contributed by atoms with Gasteiger partial charge in [0.2, 0.25) is 0 Å². The molecule has 1 aliphatic rings. The number of hydrogen-bond acceptors (Lipinski definition) is 4. The molecule has 0 bridgehead atoms. The molecule has 7 nitrogen and oxygen atoms in total. The van der Waals surface area contributed by atoms with E-state index in [9.17, 15) is 9.59 Å². The quantitative estimate of drug-likeness (QED) is 0.834. The number of carbonyl (C=O) groups excluding carboxylic acids is 2. The second-order valence-electron chi connectivity index (χ2n) is 6.52. The van der Waals surface area contributed by atoms with Crippen LogP contribution in [0.15, 0.2) is 6.07 Å². The van der Waals surface area contributed by atoms with Gasteiger partial charge < -0.3 is 4.74 Å². The van der Waals surface area contributed by atoms with Crippen LogP contribution in [0.2, 0.25) is 0 Å². The van der Waals surface area contributed by atoms with Crippen LogP contribution in [0, 0.1) is 0 Å². The molecule has 1 aromatic rings. The summed E-state index contributed by atoms with van der Waals surface area (Å²) >= 11 is 0. The van der Waals surface area contributed by atoms with Crippen LogP contribution in [0.4, 0.5) is 0 Å². The average molecular weight is 308 g/mol. The number of rotatable bonds is 3. The van der Waals surface area contributed by atoms with Crippen molar-refractivity contribution < 1.29 is 14.3 Å². The van der Waals surface area contributed by atoms with Crippen molar-refractivity contribution in [1.82, 2.24) is 19.8 Å². The molecule has 2 amide bonds. The molecule has 122 valence electrons. The van der Waals surface area contributed by atoms with Crippen molar-refractivity contribution in [3.63, 3.8) is 0 Å². The van der Waals surface area contributed by atoms with Crippen molar-refractivity contribution >= 4 is 11.8 Å². The molecule has 7 heteroatoms. The van der Waals surface area contributed by atoms with E-state index in [2.05, 4.69) is 5.10 Å². The minimum Gasteiger partial charge on any atom is -0.375 e. The fourth-order valence-electron chi connectivity index (χ4n) is 2.45. The van der Waals surface area contributed by atoms with E-state index in [1.165, 1.54) is 17.1 Å². The molecule has 0 radical (unpaired) electrons. The Labute approximate surface area is 130 Å². The molecule has 2 heterocycles. The summed E-state index contributed by atoms with van der Waals surface area (Å²) in [6, 6.07) is 1.81. The van der Waals surface area contributed by atoms with Crippen LogP contribution in [0.1, 0.15) is 43.4 Å². The van der Waals surface area contributed by atoms with E-state index in [1.54, 1.807) is 17.8 Å². The number of nitrogens with zero attached hydrogens (tertiary/aromatic N) is 4. The smallest absolute Gasteiger partial charge is 0.290 e. The zero-order valence-corrected chi connectivity index (χ0v) is 13.9. The van der Waals surface area contributed by atoms with Gasteiger partial charge in [-0.25, -0.2) is 10.0 Å². The standard InChI is InChI=1S/C15H24N4O3/c1-15(2,3)12-9-11(17(4)16-12)14(21)19-8-6-7-18(19)13(20)10-22-5/h9H,6-8,10H2,1-5H3. The lowest BCUT2D eigenvalue weighted by molar-refractivity contribution is -0.144. The highest BCUT2D eigenvalue weighted by atomic mass is 16.5. The summed E-state index contributed by atoms with van der Waals surface area (Å²) < 4.78 is 6.46. The van der Waals surface area contributed by atoms with E-state index in [-0.39, 0.29) is 23.8 Å². The molecular weight excluding hydrogens is 284 g/mol. The monoisotopic (exact) mass is 308 g/mol. The lowest BCUT2D eigenvalue weighted by atomic mass is 9.92. The third-order valence-corrected chi connectivity index (χ3v) is 3.69. The normalized spacial score (nSPS) is 15.5. The summed E-state index contributed by atoms with van der Waals surface area (Å²) in [5.41, 5.74) is 1.21. The van der Waals surface area contributed by atoms with E-state index in [0.717, 1.165) is 12.1 Å². The van der Waals surface area contributed by atoms with Crippen LogP contribution in [-0.2, 0) is 22.0 Å². The minimum atomic E-state index is -0.202. The van der Waals surface area contributed by atoms with Gasteiger partial charge in [-0.1, -0.05) is 20.8 Å². The highest BCUT2D eigenvalue weighted by molar-refractivity contribution is 5.94. The number of amides is 2. The van der Waals surface area contributed by atoms with Crippen LogP contribution in [0.3, 0.4) is 0 Å². The van der Waals surface area contributed by atoms with Crippen LogP contribution >= 0.6 is 0 Å². The zero-order valence-electron chi connectivity index (χ0n) is 13.9. The van der Waals surface area contributed by atoms with Gasteiger partial charge in [-0.3, -0.25) is 14.3 Å². The lowest BCUT2D eigenvalue weighted by Crippen LogP contribution is -2.46. The molecule has 0 spiro atoms. The van der Waals surface area contributed by atoms with Crippen LogP contribution in [0.25, 0.3) is 0 Å². The Morgan fingerprint density at radius 1 is 1.27 bits per heavy atom. The van der Waals surface area contributed by atoms with Crippen LogP contribution in [0.5, 0.6) is 0 Å². The molecular formula is C15H24N4O3. The van der Waals surface area contributed by atoms with Crippen molar-refractivity contribution in [2.45, 2.75) is 32.6 Å². The summed E-state index contributed by atoms with van der Waals surface area (Å²) in [6.07, 6.45) is 0.769. The van der Waals surface area contributed by atoms with E-state index >= 15 is 0 Å².